The average Bonchev–Trinajstić information content (AvgIpc) is 2.53. The Morgan fingerprint density at radius 2 is 1.83 bits per heavy atom. The predicted molar refractivity (Wildman–Crippen MR) is 94.3 cm³/mol. The van der Waals surface area contributed by atoms with Crippen molar-refractivity contribution >= 4 is 40.9 Å². The van der Waals surface area contributed by atoms with Crippen LogP contribution in [0.5, 0.6) is 5.75 Å². The Balaban J connectivity index is 1.77. The lowest BCUT2D eigenvalue weighted by molar-refractivity contribution is -0.114. The summed E-state index contributed by atoms with van der Waals surface area (Å²) in [5, 5.41) is 6.05. The molecule has 1 aliphatic rings. The first-order chi connectivity index (χ1) is 11.5. The van der Waals surface area contributed by atoms with Crippen molar-refractivity contribution in [3.8, 4) is 5.75 Å². The van der Waals surface area contributed by atoms with Crippen LogP contribution in [0.2, 0.25) is 5.02 Å². The molecule has 1 heterocycles. The van der Waals surface area contributed by atoms with E-state index in [1.165, 1.54) is 6.92 Å². The average molecular weight is 343 g/mol. The number of rotatable bonds is 3. The van der Waals surface area contributed by atoms with Crippen LogP contribution in [0.1, 0.15) is 12.5 Å². The highest BCUT2D eigenvalue weighted by molar-refractivity contribution is 6.30. The normalized spacial score (nSPS) is 12.5. The molecule has 0 fully saturated rings. The van der Waals surface area contributed by atoms with Gasteiger partial charge < -0.3 is 15.4 Å². The fourth-order valence-corrected chi connectivity index (χ4v) is 2.55. The lowest BCUT2D eigenvalue weighted by Crippen LogP contribution is -2.21. The topological polar surface area (TPSA) is 67.4 Å². The van der Waals surface area contributed by atoms with Crippen LogP contribution < -0.4 is 15.4 Å². The van der Waals surface area contributed by atoms with E-state index in [4.69, 9.17) is 16.3 Å². The zero-order chi connectivity index (χ0) is 17.1. The van der Waals surface area contributed by atoms with Crippen LogP contribution in [0.3, 0.4) is 0 Å². The van der Waals surface area contributed by atoms with Gasteiger partial charge in [0.15, 0.2) is 0 Å². The Bertz CT molecular complexity index is 846. The van der Waals surface area contributed by atoms with Gasteiger partial charge in [0, 0.05) is 28.9 Å². The van der Waals surface area contributed by atoms with E-state index < -0.39 is 0 Å². The Kier molecular flexibility index (Phi) is 4.53. The van der Waals surface area contributed by atoms with Crippen LogP contribution in [-0.4, -0.2) is 18.4 Å². The van der Waals surface area contributed by atoms with Crippen molar-refractivity contribution in [3.05, 3.63) is 58.6 Å². The van der Waals surface area contributed by atoms with Gasteiger partial charge >= 0.3 is 0 Å². The number of ether oxygens (including phenoxy) is 1. The van der Waals surface area contributed by atoms with Gasteiger partial charge in [0.1, 0.15) is 12.4 Å². The van der Waals surface area contributed by atoms with E-state index in [1.54, 1.807) is 48.5 Å². The minimum Gasteiger partial charge on any atom is -0.488 e. The smallest absolute Gasteiger partial charge is 0.255 e. The maximum Gasteiger partial charge on any atom is 0.255 e. The maximum absolute atomic E-state index is 12.4. The Morgan fingerprint density at radius 3 is 2.58 bits per heavy atom. The first kappa shape index (κ1) is 16.1. The maximum atomic E-state index is 12.4. The second-order valence-corrected chi connectivity index (χ2v) is 5.79. The number of halogens is 1. The minimum absolute atomic E-state index is 0.171. The summed E-state index contributed by atoms with van der Waals surface area (Å²) in [6, 6.07) is 12.2. The molecule has 5 nitrogen and oxygen atoms in total. The van der Waals surface area contributed by atoms with E-state index in [0.29, 0.717) is 27.7 Å². The van der Waals surface area contributed by atoms with Gasteiger partial charge in [0.05, 0.1) is 5.57 Å². The quantitative estimate of drug-likeness (QED) is 0.893. The largest absolute Gasteiger partial charge is 0.488 e. The fraction of sp³-hybridized carbons (Fsp3) is 0.111. The van der Waals surface area contributed by atoms with Crippen molar-refractivity contribution in [1.82, 2.24) is 0 Å². The second-order valence-electron chi connectivity index (χ2n) is 5.36. The highest BCUT2D eigenvalue weighted by Gasteiger charge is 2.17. The van der Waals surface area contributed by atoms with Gasteiger partial charge in [-0.3, -0.25) is 9.59 Å². The number of carbonyl (C=O) groups excluding carboxylic acids is 2. The van der Waals surface area contributed by atoms with Gasteiger partial charge in [0.25, 0.3) is 5.91 Å². The Labute approximate surface area is 144 Å². The summed E-state index contributed by atoms with van der Waals surface area (Å²) in [5.74, 6) is 0.263. The molecule has 122 valence electrons. The Hall–Kier alpha value is -2.79. The fourth-order valence-electron chi connectivity index (χ4n) is 2.37. The molecule has 0 radical (unpaired) electrons. The molecule has 6 heteroatoms. The zero-order valence-corrected chi connectivity index (χ0v) is 13.7. The molecule has 0 unspecified atom stereocenters. The van der Waals surface area contributed by atoms with Crippen molar-refractivity contribution in [3.63, 3.8) is 0 Å². The molecule has 0 saturated heterocycles. The molecule has 2 aromatic rings. The van der Waals surface area contributed by atoms with Crippen LogP contribution in [0, 0.1) is 0 Å². The van der Waals surface area contributed by atoms with Crippen LogP contribution in [0.4, 0.5) is 11.4 Å². The van der Waals surface area contributed by atoms with Crippen molar-refractivity contribution < 1.29 is 14.3 Å². The highest BCUT2D eigenvalue weighted by atomic mass is 35.5. The number of carbonyl (C=O) groups is 2. The van der Waals surface area contributed by atoms with E-state index in [9.17, 15) is 9.59 Å². The lowest BCUT2D eigenvalue weighted by atomic mass is 10.1. The molecular formula is C18H15ClN2O3. The summed E-state index contributed by atoms with van der Waals surface area (Å²) in [7, 11) is 0. The number of hydrogen-bond donors (Lipinski definition) is 2. The van der Waals surface area contributed by atoms with Gasteiger partial charge in [-0.15, -0.1) is 0 Å². The molecule has 0 spiro atoms. The third kappa shape index (κ3) is 3.75. The number of anilines is 2. The third-order valence-electron chi connectivity index (χ3n) is 3.42. The van der Waals surface area contributed by atoms with Crippen LogP contribution in [-0.2, 0) is 9.59 Å². The summed E-state index contributed by atoms with van der Waals surface area (Å²) in [5.41, 5.74) is 2.47. The number of hydrogen-bond acceptors (Lipinski definition) is 3. The standard InChI is InChI=1S/C18H15ClN2O3/c1-11(22)20-15-3-2-4-16(9-15)21-18(23)13-7-12-8-14(19)5-6-17(12)24-10-13/h2-9H,10H2,1H3,(H,20,22)(H,21,23). The summed E-state index contributed by atoms with van der Waals surface area (Å²) < 4.78 is 5.58. The molecule has 2 aromatic carbocycles. The molecular weight excluding hydrogens is 328 g/mol. The molecule has 0 bridgehead atoms. The first-order valence-corrected chi connectivity index (χ1v) is 7.71. The van der Waals surface area contributed by atoms with Crippen LogP contribution in [0.15, 0.2) is 48.0 Å². The summed E-state index contributed by atoms with van der Waals surface area (Å²) >= 11 is 5.97. The van der Waals surface area contributed by atoms with E-state index in [2.05, 4.69) is 10.6 Å². The summed E-state index contributed by atoms with van der Waals surface area (Å²) in [4.78, 5) is 23.5. The summed E-state index contributed by atoms with van der Waals surface area (Å²) in [6.45, 7) is 1.61. The van der Waals surface area contributed by atoms with Crippen molar-refractivity contribution in [2.75, 3.05) is 17.2 Å². The molecule has 2 amide bonds. The Morgan fingerprint density at radius 1 is 1.08 bits per heavy atom. The molecule has 0 atom stereocenters. The van der Waals surface area contributed by atoms with Crippen molar-refractivity contribution in [2.24, 2.45) is 0 Å². The van der Waals surface area contributed by atoms with Crippen LogP contribution in [0.25, 0.3) is 6.08 Å². The van der Waals surface area contributed by atoms with Gasteiger partial charge in [-0.25, -0.2) is 0 Å². The van der Waals surface area contributed by atoms with Gasteiger partial charge in [0.2, 0.25) is 5.91 Å². The molecule has 2 N–H and O–H groups in total. The monoisotopic (exact) mass is 342 g/mol. The van der Waals surface area contributed by atoms with E-state index in [1.807, 2.05) is 0 Å². The molecule has 1 aliphatic heterocycles. The first-order valence-electron chi connectivity index (χ1n) is 7.33. The van der Waals surface area contributed by atoms with Crippen molar-refractivity contribution in [2.45, 2.75) is 6.92 Å². The number of nitrogens with one attached hydrogen (secondary N) is 2. The summed E-state index contributed by atoms with van der Waals surface area (Å²) in [6.07, 6.45) is 1.76. The number of amides is 2. The van der Waals surface area contributed by atoms with Crippen LogP contribution >= 0.6 is 11.6 Å². The van der Waals surface area contributed by atoms with E-state index in [0.717, 1.165) is 5.56 Å². The minimum atomic E-state index is -0.263. The zero-order valence-electron chi connectivity index (χ0n) is 12.9. The number of fused-ring (bicyclic) bond motifs is 1. The number of benzene rings is 2. The third-order valence-corrected chi connectivity index (χ3v) is 3.65. The van der Waals surface area contributed by atoms with Gasteiger partial charge in [-0.1, -0.05) is 17.7 Å². The SMILES string of the molecule is CC(=O)Nc1cccc(NC(=O)C2=Cc3cc(Cl)ccc3OC2)c1. The van der Waals surface area contributed by atoms with E-state index >= 15 is 0 Å². The van der Waals surface area contributed by atoms with Crippen molar-refractivity contribution in [1.29, 1.82) is 0 Å². The second kappa shape index (κ2) is 6.76. The molecule has 3 rings (SSSR count). The molecule has 0 aliphatic carbocycles. The highest BCUT2D eigenvalue weighted by Crippen LogP contribution is 2.29. The van der Waals surface area contributed by atoms with Gasteiger partial charge in [-0.05, 0) is 42.5 Å². The molecule has 24 heavy (non-hydrogen) atoms. The predicted octanol–water partition coefficient (Wildman–Crippen LogP) is 3.71. The molecule has 0 aromatic heterocycles. The molecule has 0 saturated carbocycles. The van der Waals surface area contributed by atoms with Gasteiger partial charge in [-0.2, -0.15) is 0 Å². The lowest BCUT2D eigenvalue weighted by Gasteiger charge is -2.18. The van der Waals surface area contributed by atoms with E-state index in [-0.39, 0.29) is 18.4 Å².